The van der Waals surface area contributed by atoms with E-state index in [-0.39, 0.29) is 5.75 Å². The number of aliphatic imine (C=N–C) groups is 1. The SMILES string of the molecule is CC(=O)Oc1ccccc1C=NC1O[C@H](CO)[C@H](O)[C@H](O)[C@@H]1O. The van der Waals surface area contributed by atoms with Gasteiger partial charge in [0.15, 0.2) is 6.23 Å². The minimum Gasteiger partial charge on any atom is -0.426 e. The third kappa shape index (κ3) is 4.12. The van der Waals surface area contributed by atoms with E-state index in [4.69, 9.17) is 14.6 Å². The standard InChI is InChI=1S/C15H19NO7/c1-8(18)22-10-5-3-2-4-9(10)6-16-15-14(21)13(20)12(19)11(7-17)23-15/h2-6,11-15,17,19-21H,7H2,1H3/t11-,12+,13+,14+,15?/m1/s1. The first kappa shape index (κ1) is 17.5. The quantitative estimate of drug-likeness (QED) is 0.312. The zero-order valence-corrected chi connectivity index (χ0v) is 12.4. The van der Waals surface area contributed by atoms with Gasteiger partial charge in [-0.25, -0.2) is 0 Å². The highest BCUT2D eigenvalue weighted by atomic mass is 16.6. The number of nitrogens with zero attached hydrogens (tertiary/aromatic N) is 1. The molecule has 1 aliphatic heterocycles. The summed E-state index contributed by atoms with van der Waals surface area (Å²) in [7, 11) is 0. The first-order chi connectivity index (χ1) is 10.9. The van der Waals surface area contributed by atoms with Crippen molar-refractivity contribution in [3.05, 3.63) is 29.8 Å². The molecule has 5 atom stereocenters. The van der Waals surface area contributed by atoms with Gasteiger partial charge in [-0.05, 0) is 12.1 Å². The molecular weight excluding hydrogens is 306 g/mol. The smallest absolute Gasteiger partial charge is 0.308 e. The molecule has 1 unspecified atom stereocenters. The van der Waals surface area contributed by atoms with Crippen LogP contribution in [0.25, 0.3) is 0 Å². The number of esters is 1. The summed E-state index contributed by atoms with van der Waals surface area (Å²) in [5.41, 5.74) is 0.472. The third-order valence-electron chi connectivity index (χ3n) is 3.40. The van der Waals surface area contributed by atoms with Crippen LogP contribution in [0.4, 0.5) is 0 Å². The molecule has 1 aromatic carbocycles. The Morgan fingerprint density at radius 2 is 1.96 bits per heavy atom. The third-order valence-corrected chi connectivity index (χ3v) is 3.40. The minimum atomic E-state index is -1.49. The van der Waals surface area contributed by atoms with Crippen molar-refractivity contribution in [1.82, 2.24) is 0 Å². The number of rotatable bonds is 4. The number of hydrogen-bond acceptors (Lipinski definition) is 8. The van der Waals surface area contributed by atoms with Gasteiger partial charge in [-0.3, -0.25) is 9.79 Å². The molecule has 1 aromatic rings. The maximum Gasteiger partial charge on any atom is 0.308 e. The van der Waals surface area contributed by atoms with E-state index < -0.39 is 43.2 Å². The van der Waals surface area contributed by atoms with Crippen LogP contribution in [-0.2, 0) is 9.53 Å². The average Bonchev–Trinajstić information content (AvgIpc) is 2.53. The number of hydrogen-bond donors (Lipinski definition) is 4. The van der Waals surface area contributed by atoms with E-state index >= 15 is 0 Å². The molecule has 8 nitrogen and oxygen atoms in total. The van der Waals surface area contributed by atoms with Crippen molar-refractivity contribution in [2.75, 3.05) is 6.61 Å². The summed E-state index contributed by atoms with van der Waals surface area (Å²) >= 11 is 0. The first-order valence-corrected chi connectivity index (χ1v) is 7.05. The second-order valence-electron chi connectivity index (χ2n) is 5.13. The zero-order valence-electron chi connectivity index (χ0n) is 12.4. The molecule has 0 aromatic heterocycles. The van der Waals surface area contributed by atoms with Gasteiger partial charge >= 0.3 is 5.97 Å². The molecule has 126 valence electrons. The van der Waals surface area contributed by atoms with Crippen LogP contribution in [0.1, 0.15) is 12.5 Å². The predicted molar refractivity (Wildman–Crippen MR) is 79.1 cm³/mol. The second-order valence-corrected chi connectivity index (χ2v) is 5.13. The van der Waals surface area contributed by atoms with Crippen LogP contribution in [-0.4, -0.2) is 69.9 Å². The number of aliphatic hydroxyl groups is 4. The molecule has 1 fully saturated rings. The maximum atomic E-state index is 11.1. The number of ether oxygens (including phenoxy) is 2. The van der Waals surface area contributed by atoms with Crippen molar-refractivity contribution in [3.8, 4) is 5.75 Å². The van der Waals surface area contributed by atoms with Gasteiger partial charge in [-0.15, -0.1) is 0 Å². The molecule has 0 saturated carbocycles. The van der Waals surface area contributed by atoms with E-state index in [0.29, 0.717) is 5.56 Å². The molecule has 4 N–H and O–H groups in total. The summed E-state index contributed by atoms with van der Waals surface area (Å²) in [5, 5.41) is 38.4. The van der Waals surface area contributed by atoms with E-state index in [0.717, 1.165) is 0 Å². The molecule has 0 amide bonds. The molecule has 2 rings (SSSR count). The second kappa shape index (κ2) is 7.62. The van der Waals surface area contributed by atoms with Crippen molar-refractivity contribution in [1.29, 1.82) is 0 Å². The summed E-state index contributed by atoms with van der Waals surface area (Å²) in [6.45, 7) is 0.743. The van der Waals surface area contributed by atoms with Crippen molar-refractivity contribution < 1.29 is 34.7 Å². The van der Waals surface area contributed by atoms with Crippen LogP contribution in [0.3, 0.4) is 0 Å². The molecule has 0 aliphatic carbocycles. The van der Waals surface area contributed by atoms with Crippen molar-refractivity contribution in [3.63, 3.8) is 0 Å². The maximum absolute atomic E-state index is 11.1. The summed E-state index contributed by atoms with van der Waals surface area (Å²) < 4.78 is 10.3. The Kier molecular flexibility index (Phi) is 5.80. The topological polar surface area (TPSA) is 129 Å². The van der Waals surface area contributed by atoms with Crippen LogP contribution >= 0.6 is 0 Å². The molecule has 0 spiro atoms. The highest BCUT2D eigenvalue weighted by Crippen LogP contribution is 2.23. The lowest BCUT2D eigenvalue weighted by molar-refractivity contribution is -0.226. The molecule has 1 aliphatic rings. The zero-order chi connectivity index (χ0) is 17.0. The summed E-state index contributed by atoms with van der Waals surface area (Å²) in [6, 6.07) is 6.62. The van der Waals surface area contributed by atoms with Crippen LogP contribution in [0.15, 0.2) is 29.3 Å². The van der Waals surface area contributed by atoms with E-state index in [2.05, 4.69) is 4.99 Å². The Labute approximate surface area is 132 Å². The van der Waals surface area contributed by atoms with Crippen LogP contribution < -0.4 is 4.74 Å². The Balaban J connectivity index is 2.17. The van der Waals surface area contributed by atoms with Gasteiger partial charge < -0.3 is 29.9 Å². The van der Waals surface area contributed by atoms with Gasteiger partial charge in [0, 0.05) is 18.7 Å². The van der Waals surface area contributed by atoms with E-state index in [9.17, 15) is 20.1 Å². The Bertz CT molecular complexity index is 575. The summed E-state index contributed by atoms with van der Waals surface area (Å²) in [6.07, 6.45) is -5.26. The van der Waals surface area contributed by atoms with E-state index in [1.807, 2.05) is 0 Å². The highest BCUT2D eigenvalue weighted by molar-refractivity contribution is 5.85. The fourth-order valence-corrected chi connectivity index (χ4v) is 2.19. The molecular formula is C15H19NO7. The van der Waals surface area contributed by atoms with Crippen molar-refractivity contribution in [2.24, 2.45) is 4.99 Å². The number of carbonyl (C=O) groups is 1. The highest BCUT2D eigenvalue weighted by Gasteiger charge is 2.43. The molecule has 1 saturated heterocycles. The van der Waals surface area contributed by atoms with Gasteiger partial charge in [0.1, 0.15) is 30.2 Å². The lowest BCUT2D eigenvalue weighted by atomic mass is 9.98. The normalized spacial score (nSPS) is 31.3. The van der Waals surface area contributed by atoms with Crippen LogP contribution in [0.5, 0.6) is 5.75 Å². The van der Waals surface area contributed by atoms with E-state index in [1.54, 1.807) is 24.3 Å². The number of para-hydroxylation sites is 1. The molecule has 8 heteroatoms. The lowest BCUT2D eigenvalue weighted by Crippen LogP contribution is -2.57. The number of benzene rings is 1. The monoisotopic (exact) mass is 325 g/mol. The Hall–Kier alpha value is -1.84. The lowest BCUT2D eigenvalue weighted by Gasteiger charge is -2.38. The average molecular weight is 325 g/mol. The van der Waals surface area contributed by atoms with Gasteiger partial charge in [-0.1, -0.05) is 12.1 Å². The fraction of sp³-hybridized carbons (Fsp3) is 0.467. The molecule has 23 heavy (non-hydrogen) atoms. The number of carbonyl (C=O) groups excluding carboxylic acids is 1. The van der Waals surface area contributed by atoms with Crippen LogP contribution in [0.2, 0.25) is 0 Å². The molecule has 0 radical (unpaired) electrons. The van der Waals surface area contributed by atoms with Gasteiger partial charge in [-0.2, -0.15) is 0 Å². The van der Waals surface area contributed by atoms with Gasteiger partial charge in [0.2, 0.25) is 0 Å². The minimum absolute atomic E-state index is 0.286. The van der Waals surface area contributed by atoms with E-state index in [1.165, 1.54) is 13.1 Å². The van der Waals surface area contributed by atoms with Crippen molar-refractivity contribution in [2.45, 2.75) is 37.6 Å². The predicted octanol–water partition coefficient (Wildman–Crippen LogP) is -1.17. The largest absolute Gasteiger partial charge is 0.426 e. The fourth-order valence-electron chi connectivity index (χ4n) is 2.19. The van der Waals surface area contributed by atoms with Gasteiger partial charge in [0.05, 0.1) is 6.61 Å². The van der Waals surface area contributed by atoms with Gasteiger partial charge in [0.25, 0.3) is 0 Å². The Morgan fingerprint density at radius 1 is 1.26 bits per heavy atom. The first-order valence-electron chi connectivity index (χ1n) is 7.05. The van der Waals surface area contributed by atoms with Crippen molar-refractivity contribution >= 4 is 12.2 Å². The summed E-state index contributed by atoms with van der Waals surface area (Å²) in [5.74, 6) is -0.202. The summed E-state index contributed by atoms with van der Waals surface area (Å²) in [4.78, 5) is 15.1. The van der Waals surface area contributed by atoms with Crippen LogP contribution in [0, 0.1) is 0 Å². The molecule has 0 bridgehead atoms. The molecule has 1 heterocycles. The number of aliphatic hydroxyl groups excluding tert-OH is 4. The Morgan fingerprint density at radius 3 is 2.61 bits per heavy atom.